The Morgan fingerprint density at radius 3 is 2.83 bits per heavy atom. The number of rotatable bonds is 1. The van der Waals surface area contributed by atoms with Crippen molar-refractivity contribution in [3.05, 3.63) is 63.6 Å². The maximum atomic E-state index is 5.74. The van der Waals surface area contributed by atoms with E-state index in [0.717, 1.165) is 10.2 Å². The fourth-order valence-electron chi connectivity index (χ4n) is 2.35. The molecule has 18 heavy (non-hydrogen) atoms. The number of methoxy groups -OCH3 is 1. The van der Waals surface area contributed by atoms with Gasteiger partial charge in [-0.05, 0) is 34.9 Å². The second-order valence-electron chi connectivity index (χ2n) is 4.29. The van der Waals surface area contributed by atoms with Crippen LogP contribution in [0.15, 0.2) is 51.8 Å². The fourth-order valence-corrected chi connectivity index (χ4v) is 3.80. The van der Waals surface area contributed by atoms with E-state index in [2.05, 4.69) is 58.4 Å². The average Bonchev–Trinajstić information content (AvgIpc) is 2.54. The summed E-state index contributed by atoms with van der Waals surface area (Å²) in [5.41, 5.74) is 3.90. The minimum absolute atomic E-state index is 0.0312. The summed E-state index contributed by atoms with van der Waals surface area (Å²) in [6, 6.07) is 15.0. The lowest BCUT2D eigenvalue weighted by Gasteiger charge is -2.18. The SMILES string of the molecule is COC1c2ccccc2CSc2ccc(Br)cc21. The first kappa shape index (κ1) is 12.3. The summed E-state index contributed by atoms with van der Waals surface area (Å²) < 4.78 is 6.85. The van der Waals surface area contributed by atoms with Gasteiger partial charge in [0.1, 0.15) is 6.10 Å². The fraction of sp³-hybridized carbons (Fsp3) is 0.200. The van der Waals surface area contributed by atoms with E-state index in [1.807, 2.05) is 11.8 Å². The van der Waals surface area contributed by atoms with Crippen molar-refractivity contribution in [3.63, 3.8) is 0 Å². The van der Waals surface area contributed by atoms with Gasteiger partial charge >= 0.3 is 0 Å². The third-order valence-electron chi connectivity index (χ3n) is 3.21. The van der Waals surface area contributed by atoms with Crippen molar-refractivity contribution in [1.29, 1.82) is 0 Å². The number of benzene rings is 2. The van der Waals surface area contributed by atoms with E-state index < -0.39 is 0 Å². The van der Waals surface area contributed by atoms with Gasteiger partial charge in [0.15, 0.2) is 0 Å². The molecule has 1 heterocycles. The maximum Gasteiger partial charge on any atom is 0.109 e. The van der Waals surface area contributed by atoms with Gasteiger partial charge in [0.2, 0.25) is 0 Å². The summed E-state index contributed by atoms with van der Waals surface area (Å²) in [4.78, 5) is 1.31. The van der Waals surface area contributed by atoms with Crippen LogP contribution in [-0.2, 0) is 10.5 Å². The highest BCUT2D eigenvalue weighted by atomic mass is 79.9. The van der Waals surface area contributed by atoms with Gasteiger partial charge in [0.05, 0.1) is 0 Å². The number of fused-ring (bicyclic) bond motifs is 2. The number of thioether (sulfide) groups is 1. The molecule has 3 heteroatoms. The first-order valence-electron chi connectivity index (χ1n) is 5.82. The third kappa shape index (κ3) is 2.11. The molecule has 1 nitrogen and oxygen atoms in total. The summed E-state index contributed by atoms with van der Waals surface area (Å²) >= 11 is 5.43. The van der Waals surface area contributed by atoms with Gasteiger partial charge in [-0.15, -0.1) is 11.8 Å². The van der Waals surface area contributed by atoms with E-state index in [-0.39, 0.29) is 6.10 Å². The molecule has 3 rings (SSSR count). The molecular formula is C15H13BrOS. The van der Waals surface area contributed by atoms with Crippen molar-refractivity contribution in [2.75, 3.05) is 7.11 Å². The van der Waals surface area contributed by atoms with E-state index in [1.54, 1.807) is 7.11 Å². The molecule has 0 fully saturated rings. The van der Waals surface area contributed by atoms with E-state index in [1.165, 1.54) is 21.6 Å². The molecule has 1 aliphatic rings. The Bertz CT molecular complexity index is 582. The van der Waals surface area contributed by atoms with Crippen LogP contribution >= 0.6 is 27.7 Å². The van der Waals surface area contributed by atoms with Crippen molar-refractivity contribution >= 4 is 27.7 Å². The van der Waals surface area contributed by atoms with Crippen LogP contribution < -0.4 is 0 Å². The second-order valence-corrected chi connectivity index (χ2v) is 6.22. The van der Waals surface area contributed by atoms with E-state index in [0.29, 0.717) is 0 Å². The largest absolute Gasteiger partial charge is 0.372 e. The third-order valence-corrected chi connectivity index (χ3v) is 4.84. The van der Waals surface area contributed by atoms with Crippen LogP contribution in [-0.4, -0.2) is 7.11 Å². The average molecular weight is 321 g/mol. The zero-order valence-electron chi connectivity index (χ0n) is 10.0. The molecule has 2 aromatic carbocycles. The second kappa shape index (κ2) is 5.08. The predicted molar refractivity (Wildman–Crippen MR) is 79.0 cm³/mol. The Morgan fingerprint density at radius 2 is 2.00 bits per heavy atom. The first-order chi connectivity index (χ1) is 8.79. The van der Waals surface area contributed by atoms with Gasteiger partial charge in [0, 0.05) is 22.2 Å². The monoisotopic (exact) mass is 320 g/mol. The Morgan fingerprint density at radius 1 is 1.17 bits per heavy atom. The van der Waals surface area contributed by atoms with Gasteiger partial charge in [-0.2, -0.15) is 0 Å². The lowest BCUT2D eigenvalue weighted by molar-refractivity contribution is 0.134. The molecule has 0 radical (unpaired) electrons. The Hall–Kier alpha value is -0.770. The van der Waals surface area contributed by atoms with E-state index in [9.17, 15) is 0 Å². The molecule has 1 atom stereocenters. The Balaban J connectivity index is 2.19. The van der Waals surface area contributed by atoms with Crippen molar-refractivity contribution in [2.45, 2.75) is 16.8 Å². The van der Waals surface area contributed by atoms with Crippen LogP contribution in [0.2, 0.25) is 0 Å². The molecular weight excluding hydrogens is 308 g/mol. The van der Waals surface area contributed by atoms with Crippen LogP contribution in [0.25, 0.3) is 0 Å². The quantitative estimate of drug-likeness (QED) is 0.747. The van der Waals surface area contributed by atoms with Gasteiger partial charge in [-0.25, -0.2) is 0 Å². The van der Waals surface area contributed by atoms with Crippen LogP contribution in [0.4, 0.5) is 0 Å². The van der Waals surface area contributed by atoms with Gasteiger partial charge in [0.25, 0.3) is 0 Å². The zero-order chi connectivity index (χ0) is 12.5. The highest BCUT2D eigenvalue weighted by molar-refractivity contribution is 9.10. The lowest BCUT2D eigenvalue weighted by Crippen LogP contribution is -2.05. The summed E-state index contributed by atoms with van der Waals surface area (Å²) in [7, 11) is 1.78. The molecule has 0 aromatic heterocycles. The van der Waals surface area contributed by atoms with Crippen molar-refractivity contribution in [3.8, 4) is 0 Å². The molecule has 0 amide bonds. The molecule has 0 saturated heterocycles. The summed E-state index contributed by atoms with van der Waals surface area (Å²) in [6.45, 7) is 0. The van der Waals surface area contributed by atoms with Crippen LogP contribution in [0.1, 0.15) is 22.8 Å². The molecule has 2 aromatic rings. The maximum absolute atomic E-state index is 5.74. The van der Waals surface area contributed by atoms with E-state index >= 15 is 0 Å². The summed E-state index contributed by atoms with van der Waals surface area (Å²) in [5, 5.41) is 0. The standard InChI is InChI=1S/C15H13BrOS/c1-17-15-12-5-3-2-4-10(12)9-18-14-7-6-11(16)8-13(14)15/h2-8,15H,9H2,1H3. The zero-order valence-corrected chi connectivity index (χ0v) is 12.4. The van der Waals surface area contributed by atoms with Crippen molar-refractivity contribution in [2.24, 2.45) is 0 Å². The molecule has 0 spiro atoms. The predicted octanol–water partition coefficient (Wildman–Crippen LogP) is 4.79. The normalized spacial score (nSPS) is 17.8. The molecule has 0 saturated carbocycles. The lowest BCUT2D eigenvalue weighted by atomic mass is 9.97. The molecule has 1 aliphatic heterocycles. The van der Waals surface area contributed by atoms with Gasteiger partial charge in [-0.1, -0.05) is 40.2 Å². The molecule has 0 aliphatic carbocycles. The van der Waals surface area contributed by atoms with Crippen molar-refractivity contribution in [1.82, 2.24) is 0 Å². The van der Waals surface area contributed by atoms with Gasteiger partial charge < -0.3 is 4.74 Å². The van der Waals surface area contributed by atoms with E-state index in [4.69, 9.17) is 4.74 Å². The van der Waals surface area contributed by atoms with Crippen molar-refractivity contribution < 1.29 is 4.74 Å². The Labute approximate surface area is 120 Å². The topological polar surface area (TPSA) is 9.23 Å². The molecule has 92 valence electrons. The molecule has 1 unspecified atom stereocenters. The first-order valence-corrected chi connectivity index (χ1v) is 7.60. The number of hydrogen-bond acceptors (Lipinski definition) is 2. The minimum Gasteiger partial charge on any atom is -0.372 e. The molecule has 0 bridgehead atoms. The van der Waals surface area contributed by atoms with Gasteiger partial charge in [-0.3, -0.25) is 0 Å². The minimum atomic E-state index is 0.0312. The Kier molecular flexibility index (Phi) is 3.46. The van der Waals surface area contributed by atoms with Crippen LogP contribution in [0.5, 0.6) is 0 Å². The number of hydrogen-bond donors (Lipinski definition) is 0. The van der Waals surface area contributed by atoms with Crippen LogP contribution in [0, 0.1) is 0 Å². The highest BCUT2D eigenvalue weighted by Gasteiger charge is 2.23. The molecule has 0 N–H and O–H groups in total. The summed E-state index contributed by atoms with van der Waals surface area (Å²) in [5.74, 6) is 1.00. The van der Waals surface area contributed by atoms with Crippen LogP contribution in [0.3, 0.4) is 0 Å². The highest BCUT2D eigenvalue weighted by Crippen LogP contribution is 2.41. The summed E-state index contributed by atoms with van der Waals surface area (Å²) in [6.07, 6.45) is 0.0312. The smallest absolute Gasteiger partial charge is 0.109 e. The number of halogens is 1. The number of ether oxygens (including phenoxy) is 1.